The summed E-state index contributed by atoms with van der Waals surface area (Å²) < 4.78 is 5.12. The molecule has 0 fully saturated rings. The molecule has 0 spiro atoms. The van der Waals surface area contributed by atoms with Gasteiger partial charge in [-0.15, -0.1) is 0 Å². The smallest absolute Gasteiger partial charge is 0.119 e. The van der Waals surface area contributed by atoms with Crippen LogP contribution in [0.3, 0.4) is 0 Å². The summed E-state index contributed by atoms with van der Waals surface area (Å²) in [5.74, 6) is 0.645. The van der Waals surface area contributed by atoms with Gasteiger partial charge in [-0.25, -0.2) is 0 Å². The van der Waals surface area contributed by atoms with Gasteiger partial charge in [0.05, 0.1) is 6.61 Å². The maximum Gasteiger partial charge on any atom is 0.119 e. The monoisotopic (exact) mass is 167 g/mol. The first-order valence-electron chi connectivity index (χ1n) is 3.68. The van der Waals surface area contributed by atoms with E-state index in [1.54, 1.807) is 24.3 Å². The quantitative estimate of drug-likeness (QED) is 0.701. The number of rotatable bonds is 4. The van der Waals surface area contributed by atoms with E-state index in [0.717, 1.165) is 6.61 Å². The summed E-state index contributed by atoms with van der Waals surface area (Å²) in [7, 11) is 0. The highest BCUT2D eigenvalue weighted by Crippen LogP contribution is 2.13. The number of hydrogen-bond acceptors (Lipinski definition) is 3. The van der Waals surface area contributed by atoms with Crippen LogP contribution in [0.4, 0.5) is 0 Å². The molecular formula is C9H11O3. The average molecular weight is 167 g/mol. The van der Waals surface area contributed by atoms with Crippen LogP contribution in [0.25, 0.3) is 0 Å². The third-order valence-corrected chi connectivity index (χ3v) is 1.37. The zero-order chi connectivity index (χ0) is 8.81. The molecule has 0 amide bonds. The summed E-state index contributed by atoms with van der Waals surface area (Å²) in [4.78, 5) is 0. The SMILES string of the molecule is O[CH]c1cccc(OCCO)c1. The van der Waals surface area contributed by atoms with Gasteiger partial charge in [0.1, 0.15) is 19.0 Å². The molecule has 2 N–H and O–H groups in total. The van der Waals surface area contributed by atoms with Crippen LogP contribution in [-0.4, -0.2) is 23.4 Å². The molecule has 0 aliphatic rings. The van der Waals surface area contributed by atoms with E-state index in [1.807, 2.05) is 0 Å². The lowest BCUT2D eigenvalue weighted by molar-refractivity contribution is 0.201. The summed E-state index contributed by atoms with van der Waals surface area (Å²) in [6, 6.07) is 6.99. The molecule has 0 saturated heterocycles. The zero-order valence-electron chi connectivity index (χ0n) is 6.60. The van der Waals surface area contributed by atoms with Crippen LogP contribution >= 0.6 is 0 Å². The lowest BCUT2D eigenvalue weighted by atomic mass is 10.2. The van der Waals surface area contributed by atoms with Crippen LogP contribution in [0, 0.1) is 6.61 Å². The lowest BCUT2D eigenvalue weighted by Crippen LogP contribution is -2.01. The highest BCUT2D eigenvalue weighted by Gasteiger charge is 1.94. The Hall–Kier alpha value is -1.06. The van der Waals surface area contributed by atoms with E-state index in [-0.39, 0.29) is 13.2 Å². The molecule has 1 aromatic carbocycles. The van der Waals surface area contributed by atoms with Gasteiger partial charge in [-0.2, -0.15) is 0 Å². The van der Waals surface area contributed by atoms with E-state index < -0.39 is 0 Å². The van der Waals surface area contributed by atoms with Crippen molar-refractivity contribution >= 4 is 0 Å². The van der Waals surface area contributed by atoms with Crippen molar-refractivity contribution in [3.05, 3.63) is 36.4 Å². The molecule has 0 bridgehead atoms. The molecule has 0 aliphatic heterocycles. The van der Waals surface area contributed by atoms with Crippen LogP contribution < -0.4 is 4.74 Å². The van der Waals surface area contributed by atoms with Crippen molar-refractivity contribution in [1.82, 2.24) is 0 Å². The van der Waals surface area contributed by atoms with Crippen LogP contribution in [0.5, 0.6) is 5.75 Å². The highest BCUT2D eigenvalue weighted by molar-refractivity contribution is 5.31. The van der Waals surface area contributed by atoms with Crippen LogP contribution in [-0.2, 0) is 0 Å². The predicted octanol–water partition coefficient (Wildman–Crippen LogP) is 0.940. The third kappa shape index (κ3) is 2.53. The van der Waals surface area contributed by atoms with Crippen LogP contribution in [0.1, 0.15) is 5.56 Å². The maximum atomic E-state index is 8.66. The topological polar surface area (TPSA) is 49.7 Å². The largest absolute Gasteiger partial charge is 0.491 e. The molecule has 3 heteroatoms. The van der Waals surface area contributed by atoms with E-state index in [4.69, 9.17) is 14.9 Å². The fourth-order valence-electron chi connectivity index (χ4n) is 0.848. The van der Waals surface area contributed by atoms with Gasteiger partial charge in [0.25, 0.3) is 0 Å². The Morgan fingerprint density at radius 1 is 1.42 bits per heavy atom. The first-order valence-corrected chi connectivity index (χ1v) is 3.68. The van der Waals surface area contributed by atoms with Gasteiger partial charge in [-0.05, 0) is 17.7 Å². The second kappa shape index (κ2) is 4.74. The molecule has 1 rings (SSSR count). The normalized spacial score (nSPS) is 9.83. The van der Waals surface area contributed by atoms with Crippen molar-refractivity contribution < 1.29 is 14.9 Å². The van der Waals surface area contributed by atoms with E-state index in [2.05, 4.69) is 0 Å². The molecule has 1 aromatic rings. The molecule has 12 heavy (non-hydrogen) atoms. The molecule has 0 saturated carbocycles. The predicted molar refractivity (Wildman–Crippen MR) is 44.4 cm³/mol. The van der Waals surface area contributed by atoms with E-state index in [9.17, 15) is 0 Å². The summed E-state index contributed by atoms with van der Waals surface area (Å²) >= 11 is 0. The van der Waals surface area contributed by atoms with Gasteiger partial charge in [-0.1, -0.05) is 12.1 Å². The minimum atomic E-state index is -0.00688. The van der Waals surface area contributed by atoms with Gasteiger partial charge in [0.2, 0.25) is 0 Å². The zero-order valence-corrected chi connectivity index (χ0v) is 6.60. The molecule has 0 heterocycles. The third-order valence-electron chi connectivity index (χ3n) is 1.37. The van der Waals surface area contributed by atoms with Crippen molar-refractivity contribution in [2.24, 2.45) is 0 Å². The molecule has 0 unspecified atom stereocenters. The minimum Gasteiger partial charge on any atom is -0.491 e. The van der Waals surface area contributed by atoms with E-state index in [0.29, 0.717) is 11.3 Å². The van der Waals surface area contributed by atoms with Gasteiger partial charge < -0.3 is 14.9 Å². The first kappa shape index (κ1) is 9.03. The van der Waals surface area contributed by atoms with Gasteiger partial charge in [0, 0.05) is 0 Å². The van der Waals surface area contributed by atoms with E-state index in [1.165, 1.54) is 0 Å². The van der Waals surface area contributed by atoms with Crippen molar-refractivity contribution in [2.75, 3.05) is 13.2 Å². The number of hydrogen-bond donors (Lipinski definition) is 2. The first-order chi connectivity index (χ1) is 5.86. The fourth-order valence-corrected chi connectivity index (χ4v) is 0.848. The highest BCUT2D eigenvalue weighted by atomic mass is 16.5. The summed E-state index contributed by atoms with van der Waals surface area (Å²) in [6.45, 7) is 1.27. The van der Waals surface area contributed by atoms with Crippen molar-refractivity contribution in [3.8, 4) is 5.75 Å². The van der Waals surface area contributed by atoms with E-state index >= 15 is 0 Å². The van der Waals surface area contributed by atoms with Gasteiger partial charge in [0.15, 0.2) is 0 Å². The number of aliphatic hydroxyl groups is 2. The molecule has 65 valence electrons. The Kier molecular flexibility index (Phi) is 3.57. The lowest BCUT2D eigenvalue weighted by Gasteiger charge is -2.04. The number of benzene rings is 1. The minimum absolute atomic E-state index is 0.00688. The van der Waals surface area contributed by atoms with Crippen LogP contribution in [0.2, 0.25) is 0 Å². The molecule has 0 aromatic heterocycles. The number of aliphatic hydroxyl groups excluding tert-OH is 2. The van der Waals surface area contributed by atoms with Crippen molar-refractivity contribution in [1.29, 1.82) is 0 Å². The summed E-state index contributed by atoms with van der Waals surface area (Å²) in [5.41, 5.74) is 0.686. The van der Waals surface area contributed by atoms with Crippen molar-refractivity contribution in [3.63, 3.8) is 0 Å². The molecule has 1 radical (unpaired) electrons. The Bertz CT molecular complexity index is 235. The molecule has 0 aliphatic carbocycles. The summed E-state index contributed by atoms with van der Waals surface area (Å²) in [6.07, 6.45) is 0. The average Bonchev–Trinajstić information content (AvgIpc) is 2.15. The number of ether oxygens (including phenoxy) is 1. The van der Waals surface area contributed by atoms with Crippen molar-refractivity contribution in [2.45, 2.75) is 0 Å². The Morgan fingerprint density at radius 3 is 2.92 bits per heavy atom. The fraction of sp³-hybridized carbons (Fsp3) is 0.222. The second-order valence-electron chi connectivity index (χ2n) is 2.27. The Morgan fingerprint density at radius 2 is 2.25 bits per heavy atom. The van der Waals surface area contributed by atoms with Crippen LogP contribution in [0.15, 0.2) is 24.3 Å². The second-order valence-corrected chi connectivity index (χ2v) is 2.27. The van der Waals surface area contributed by atoms with Gasteiger partial charge >= 0.3 is 0 Å². The Labute approximate surface area is 71.2 Å². The van der Waals surface area contributed by atoms with Gasteiger partial charge in [-0.3, -0.25) is 0 Å². The molecule has 0 atom stereocenters. The molecule has 3 nitrogen and oxygen atoms in total. The Balaban J connectivity index is 2.60. The summed E-state index contributed by atoms with van der Waals surface area (Å²) in [5, 5.41) is 17.1. The molecular weight excluding hydrogens is 156 g/mol. The maximum absolute atomic E-state index is 8.66. The standard InChI is InChI=1S/C9H11O3/c10-4-5-12-9-3-1-2-8(6-9)7-11/h1-3,6-7,10-11H,4-5H2.